The number of carbonyl (C=O) groups excluding carboxylic acids is 2. The molecule has 2 aromatic rings. The molecule has 0 aliphatic carbocycles. The molecule has 2 aromatic carbocycles. The molecule has 9 heteroatoms. The van der Waals surface area contributed by atoms with Gasteiger partial charge < -0.3 is 10.1 Å². The lowest BCUT2D eigenvalue weighted by Crippen LogP contribution is -2.33. The summed E-state index contributed by atoms with van der Waals surface area (Å²) >= 11 is 0. The SMILES string of the molecule is CC(C)N(C)S(=O)(=O)c1cccc(C(=O)OCC(=O)Nc2cccc(C#N)c2)c1. The van der Waals surface area contributed by atoms with Gasteiger partial charge in [-0.1, -0.05) is 12.1 Å². The minimum absolute atomic E-state index is 0.0162. The fourth-order valence-corrected chi connectivity index (χ4v) is 3.72. The first-order valence-electron chi connectivity index (χ1n) is 8.70. The molecular weight excluding hydrogens is 394 g/mol. The van der Waals surface area contributed by atoms with E-state index < -0.39 is 28.5 Å². The molecule has 0 saturated carbocycles. The van der Waals surface area contributed by atoms with Crippen LogP contribution in [0.2, 0.25) is 0 Å². The molecule has 0 aliphatic rings. The van der Waals surface area contributed by atoms with Crippen molar-refractivity contribution in [1.29, 1.82) is 5.26 Å². The normalized spacial score (nSPS) is 11.2. The summed E-state index contributed by atoms with van der Waals surface area (Å²) in [5.41, 5.74) is 0.793. The number of esters is 1. The topological polar surface area (TPSA) is 117 Å². The van der Waals surface area contributed by atoms with Gasteiger partial charge in [0, 0.05) is 18.8 Å². The van der Waals surface area contributed by atoms with E-state index in [9.17, 15) is 18.0 Å². The van der Waals surface area contributed by atoms with Gasteiger partial charge in [-0.15, -0.1) is 0 Å². The molecule has 0 radical (unpaired) electrons. The number of nitriles is 1. The van der Waals surface area contributed by atoms with Crippen molar-refractivity contribution in [1.82, 2.24) is 4.31 Å². The van der Waals surface area contributed by atoms with Crippen molar-refractivity contribution in [2.24, 2.45) is 0 Å². The molecule has 1 amide bonds. The molecule has 1 N–H and O–H groups in total. The number of sulfonamides is 1. The van der Waals surface area contributed by atoms with Crippen LogP contribution in [0.25, 0.3) is 0 Å². The van der Waals surface area contributed by atoms with Crippen molar-refractivity contribution in [3.63, 3.8) is 0 Å². The second-order valence-corrected chi connectivity index (χ2v) is 8.46. The zero-order chi connectivity index (χ0) is 21.6. The second kappa shape index (κ2) is 9.32. The molecule has 152 valence electrons. The smallest absolute Gasteiger partial charge is 0.338 e. The molecule has 0 spiro atoms. The maximum atomic E-state index is 12.6. The van der Waals surface area contributed by atoms with E-state index in [0.717, 1.165) is 0 Å². The Bertz CT molecular complexity index is 1060. The predicted molar refractivity (Wildman–Crippen MR) is 107 cm³/mol. The Labute approximate surface area is 169 Å². The van der Waals surface area contributed by atoms with Crippen LogP contribution in [-0.4, -0.2) is 44.3 Å². The summed E-state index contributed by atoms with van der Waals surface area (Å²) in [7, 11) is -2.30. The first-order valence-corrected chi connectivity index (χ1v) is 10.1. The lowest BCUT2D eigenvalue weighted by Gasteiger charge is -2.21. The van der Waals surface area contributed by atoms with E-state index in [-0.39, 0.29) is 16.5 Å². The highest BCUT2D eigenvalue weighted by Crippen LogP contribution is 2.18. The Kier molecular flexibility index (Phi) is 7.09. The molecule has 0 heterocycles. The fraction of sp³-hybridized carbons (Fsp3) is 0.250. The van der Waals surface area contributed by atoms with Gasteiger partial charge >= 0.3 is 5.97 Å². The summed E-state index contributed by atoms with van der Waals surface area (Å²) in [4.78, 5) is 24.2. The zero-order valence-electron chi connectivity index (χ0n) is 16.2. The first kappa shape index (κ1) is 22.1. The number of hydrogen-bond acceptors (Lipinski definition) is 6. The maximum absolute atomic E-state index is 12.6. The number of amides is 1. The number of anilines is 1. The highest BCUT2D eigenvalue weighted by Gasteiger charge is 2.24. The Morgan fingerprint density at radius 2 is 1.86 bits per heavy atom. The molecule has 29 heavy (non-hydrogen) atoms. The number of nitrogens with one attached hydrogen (secondary N) is 1. The van der Waals surface area contributed by atoms with Crippen molar-refractivity contribution in [3.05, 3.63) is 59.7 Å². The third kappa shape index (κ3) is 5.63. The standard InChI is InChI=1S/C20H21N3O5S/c1-14(2)23(3)29(26,27)18-9-5-7-16(11-18)20(25)28-13-19(24)22-17-8-4-6-15(10-17)12-21/h4-11,14H,13H2,1-3H3,(H,22,24). The number of carbonyl (C=O) groups is 2. The van der Waals surface area contributed by atoms with Crippen LogP contribution < -0.4 is 5.32 Å². The van der Waals surface area contributed by atoms with E-state index in [2.05, 4.69) is 5.32 Å². The third-order valence-corrected chi connectivity index (χ3v) is 6.11. The molecular formula is C20H21N3O5S. The Morgan fingerprint density at radius 3 is 2.52 bits per heavy atom. The summed E-state index contributed by atoms with van der Waals surface area (Å²) in [5.74, 6) is -1.41. The Hall–Kier alpha value is -3.22. The quantitative estimate of drug-likeness (QED) is 0.694. The van der Waals surface area contributed by atoms with Crippen molar-refractivity contribution in [2.75, 3.05) is 19.0 Å². The number of rotatable bonds is 7. The van der Waals surface area contributed by atoms with Crippen LogP contribution in [0.4, 0.5) is 5.69 Å². The lowest BCUT2D eigenvalue weighted by molar-refractivity contribution is -0.119. The molecule has 0 bridgehead atoms. The van der Waals surface area contributed by atoms with E-state index in [0.29, 0.717) is 11.3 Å². The number of benzene rings is 2. The molecule has 0 atom stereocenters. The fourth-order valence-electron chi connectivity index (χ4n) is 2.31. The van der Waals surface area contributed by atoms with E-state index in [1.807, 2.05) is 6.07 Å². The summed E-state index contributed by atoms with van der Waals surface area (Å²) < 4.78 is 31.3. The highest BCUT2D eigenvalue weighted by atomic mass is 32.2. The summed E-state index contributed by atoms with van der Waals surface area (Å²) in [6.45, 7) is 2.92. The molecule has 0 unspecified atom stereocenters. The molecule has 0 aromatic heterocycles. The average molecular weight is 415 g/mol. The zero-order valence-corrected chi connectivity index (χ0v) is 17.1. The van der Waals surface area contributed by atoms with Crippen LogP contribution in [0.1, 0.15) is 29.8 Å². The van der Waals surface area contributed by atoms with Crippen LogP contribution in [0, 0.1) is 11.3 Å². The van der Waals surface area contributed by atoms with Gasteiger partial charge in [-0.25, -0.2) is 13.2 Å². The van der Waals surface area contributed by atoms with Crippen LogP contribution in [-0.2, 0) is 19.6 Å². The second-order valence-electron chi connectivity index (χ2n) is 6.46. The summed E-state index contributed by atoms with van der Waals surface area (Å²) in [6.07, 6.45) is 0. The van der Waals surface area contributed by atoms with E-state index in [4.69, 9.17) is 10.00 Å². The Morgan fingerprint density at radius 1 is 1.17 bits per heavy atom. The highest BCUT2D eigenvalue weighted by molar-refractivity contribution is 7.89. The minimum atomic E-state index is -3.75. The van der Waals surface area contributed by atoms with Gasteiger partial charge in [-0.05, 0) is 50.2 Å². The van der Waals surface area contributed by atoms with Crippen LogP contribution in [0.5, 0.6) is 0 Å². The van der Waals surface area contributed by atoms with Crippen LogP contribution >= 0.6 is 0 Å². The maximum Gasteiger partial charge on any atom is 0.338 e. The number of nitrogens with zero attached hydrogens (tertiary/aromatic N) is 2. The molecule has 0 fully saturated rings. The van der Waals surface area contributed by atoms with Crippen LogP contribution in [0.3, 0.4) is 0 Å². The van der Waals surface area contributed by atoms with Gasteiger partial charge in [0.05, 0.1) is 22.1 Å². The Balaban J connectivity index is 2.04. The third-order valence-electron chi connectivity index (χ3n) is 4.08. The summed E-state index contributed by atoms with van der Waals surface area (Å²) in [5, 5.41) is 11.4. The minimum Gasteiger partial charge on any atom is -0.452 e. The van der Waals surface area contributed by atoms with Gasteiger partial charge in [0.15, 0.2) is 6.61 Å². The van der Waals surface area contributed by atoms with Crippen LogP contribution in [0.15, 0.2) is 53.4 Å². The van der Waals surface area contributed by atoms with Gasteiger partial charge in [-0.2, -0.15) is 9.57 Å². The molecule has 2 rings (SSSR count). The predicted octanol–water partition coefficient (Wildman–Crippen LogP) is 2.38. The average Bonchev–Trinajstić information content (AvgIpc) is 2.71. The first-order chi connectivity index (χ1) is 13.6. The van der Waals surface area contributed by atoms with Gasteiger partial charge in [0.25, 0.3) is 5.91 Å². The van der Waals surface area contributed by atoms with Gasteiger partial charge in [-0.3, -0.25) is 4.79 Å². The van der Waals surface area contributed by atoms with Crippen molar-refractivity contribution >= 4 is 27.6 Å². The number of hydrogen-bond donors (Lipinski definition) is 1. The van der Waals surface area contributed by atoms with Crippen molar-refractivity contribution in [2.45, 2.75) is 24.8 Å². The monoisotopic (exact) mass is 415 g/mol. The molecule has 0 aliphatic heterocycles. The van der Waals surface area contributed by atoms with Crippen molar-refractivity contribution in [3.8, 4) is 6.07 Å². The van der Waals surface area contributed by atoms with E-state index >= 15 is 0 Å². The van der Waals surface area contributed by atoms with Crippen molar-refractivity contribution < 1.29 is 22.7 Å². The lowest BCUT2D eigenvalue weighted by atomic mass is 10.2. The van der Waals surface area contributed by atoms with Gasteiger partial charge in [0.1, 0.15) is 0 Å². The van der Waals surface area contributed by atoms with Gasteiger partial charge in [0.2, 0.25) is 10.0 Å². The largest absolute Gasteiger partial charge is 0.452 e. The van der Waals surface area contributed by atoms with E-state index in [1.165, 1.54) is 41.7 Å². The molecule has 0 saturated heterocycles. The molecule has 8 nitrogen and oxygen atoms in total. The summed E-state index contributed by atoms with van der Waals surface area (Å²) in [6, 6.07) is 13.4. The number of ether oxygens (including phenoxy) is 1. The van der Waals surface area contributed by atoms with E-state index in [1.54, 1.807) is 32.0 Å².